The maximum Gasteiger partial charge on any atom is 0.145 e. The number of rotatable bonds is 2. The lowest BCUT2D eigenvalue weighted by Gasteiger charge is -2.19. The Hall–Kier alpha value is -1.26. The van der Waals surface area contributed by atoms with Crippen LogP contribution in [0.2, 0.25) is 0 Å². The highest BCUT2D eigenvalue weighted by Crippen LogP contribution is 2.32. The fourth-order valence-corrected chi connectivity index (χ4v) is 2.64. The molecule has 2 aromatic carbocycles. The molecular weight excluding hydrogens is 312 g/mol. The number of aryl methyl sites for hydroxylation is 2. The third kappa shape index (κ3) is 2.55. The normalized spacial score (nSPS) is 12.5. The molecular formula is C15H14BrF2N. The van der Waals surface area contributed by atoms with Gasteiger partial charge in [0.2, 0.25) is 0 Å². The highest BCUT2D eigenvalue weighted by molar-refractivity contribution is 9.10. The van der Waals surface area contributed by atoms with E-state index < -0.39 is 17.7 Å². The fraction of sp³-hybridized carbons (Fsp3) is 0.200. The second kappa shape index (κ2) is 5.39. The molecule has 2 aromatic rings. The number of hydrogen-bond acceptors (Lipinski definition) is 1. The van der Waals surface area contributed by atoms with Crippen molar-refractivity contribution in [3.63, 3.8) is 0 Å². The van der Waals surface area contributed by atoms with E-state index in [1.54, 1.807) is 0 Å². The van der Waals surface area contributed by atoms with Crippen molar-refractivity contribution in [1.29, 1.82) is 0 Å². The molecule has 4 heteroatoms. The second-order valence-electron chi connectivity index (χ2n) is 4.54. The van der Waals surface area contributed by atoms with Crippen LogP contribution in [0.3, 0.4) is 0 Å². The van der Waals surface area contributed by atoms with Gasteiger partial charge in [-0.25, -0.2) is 8.78 Å². The van der Waals surface area contributed by atoms with Crippen LogP contribution in [0.1, 0.15) is 28.3 Å². The molecule has 2 rings (SSSR count). The summed E-state index contributed by atoms with van der Waals surface area (Å²) in [7, 11) is 0. The Labute approximate surface area is 119 Å². The van der Waals surface area contributed by atoms with Crippen LogP contribution in [0.5, 0.6) is 0 Å². The first-order valence-corrected chi connectivity index (χ1v) is 6.68. The lowest BCUT2D eigenvalue weighted by atomic mass is 9.91. The highest BCUT2D eigenvalue weighted by Gasteiger charge is 2.22. The van der Waals surface area contributed by atoms with Gasteiger partial charge in [-0.05, 0) is 58.6 Å². The minimum atomic E-state index is -0.821. The van der Waals surface area contributed by atoms with Gasteiger partial charge < -0.3 is 5.73 Å². The zero-order chi connectivity index (χ0) is 14.2. The van der Waals surface area contributed by atoms with Gasteiger partial charge in [0.15, 0.2) is 0 Å². The van der Waals surface area contributed by atoms with Crippen LogP contribution < -0.4 is 5.73 Å². The summed E-state index contributed by atoms with van der Waals surface area (Å²) >= 11 is 3.06. The van der Waals surface area contributed by atoms with E-state index in [0.717, 1.165) is 16.7 Å². The predicted octanol–water partition coefficient (Wildman–Crippen LogP) is 4.39. The molecule has 1 unspecified atom stereocenters. The van der Waals surface area contributed by atoms with Crippen LogP contribution in [-0.2, 0) is 0 Å². The summed E-state index contributed by atoms with van der Waals surface area (Å²) < 4.78 is 28.2. The first kappa shape index (κ1) is 14.2. The summed E-state index contributed by atoms with van der Waals surface area (Å²) in [6.45, 7) is 3.77. The molecule has 1 nitrogen and oxygen atoms in total. The van der Waals surface area contributed by atoms with Crippen molar-refractivity contribution < 1.29 is 8.78 Å². The molecule has 0 fully saturated rings. The lowest BCUT2D eigenvalue weighted by molar-refractivity contribution is 0.538. The molecule has 0 amide bonds. The molecule has 19 heavy (non-hydrogen) atoms. The molecule has 0 saturated heterocycles. The SMILES string of the molecule is Cc1cccc(C)c1C(N)c1c(F)ccc(Br)c1F. The zero-order valence-electron chi connectivity index (χ0n) is 10.7. The summed E-state index contributed by atoms with van der Waals surface area (Å²) in [5.41, 5.74) is 8.59. The third-order valence-electron chi connectivity index (χ3n) is 3.24. The first-order chi connectivity index (χ1) is 8.93. The van der Waals surface area contributed by atoms with Gasteiger partial charge in [-0.1, -0.05) is 18.2 Å². The lowest BCUT2D eigenvalue weighted by Crippen LogP contribution is -2.18. The standard InChI is InChI=1S/C15H14BrF2N/c1-8-4-3-5-9(2)12(8)15(19)13-11(17)7-6-10(16)14(13)18/h3-7,15H,19H2,1-2H3. The van der Waals surface area contributed by atoms with Gasteiger partial charge in [-0.3, -0.25) is 0 Å². The van der Waals surface area contributed by atoms with Crippen molar-refractivity contribution in [1.82, 2.24) is 0 Å². The topological polar surface area (TPSA) is 26.0 Å². The van der Waals surface area contributed by atoms with Crippen LogP contribution >= 0.6 is 15.9 Å². The Kier molecular flexibility index (Phi) is 4.02. The number of benzene rings is 2. The first-order valence-electron chi connectivity index (χ1n) is 5.88. The molecule has 0 saturated carbocycles. The van der Waals surface area contributed by atoms with E-state index in [4.69, 9.17) is 5.73 Å². The Morgan fingerprint density at radius 1 is 1.00 bits per heavy atom. The largest absolute Gasteiger partial charge is 0.320 e. The van der Waals surface area contributed by atoms with Gasteiger partial charge in [0.05, 0.1) is 10.5 Å². The molecule has 0 aliphatic heterocycles. The quantitative estimate of drug-likeness (QED) is 0.814. The summed E-state index contributed by atoms with van der Waals surface area (Å²) in [6, 6.07) is 7.40. The smallest absolute Gasteiger partial charge is 0.145 e. The van der Waals surface area contributed by atoms with Gasteiger partial charge in [0.1, 0.15) is 11.6 Å². The maximum absolute atomic E-state index is 14.1. The number of hydrogen-bond donors (Lipinski definition) is 1. The molecule has 2 N–H and O–H groups in total. The average Bonchev–Trinajstić information content (AvgIpc) is 2.34. The molecule has 0 aliphatic carbocycles. The molecule has 0 radical (unpaired) electrons. The Morgan fingerprint density at radius 2 is 1.58 bits per heavy atom. The van der Waals surface area contributed by atoms with Crippen LogP contribution in [0.4, 0.5) is 8.78 Å². The van der Waals surface area contributed by atoms with E-state index in [1.807, 2.05) is 32.0 Å². The van der Waals surface area contributed by atoms with E-state index in [2.05, 4.69) is 15.9 Å². The molecule has 0 bridgehead atoms. The zero-order valence-corrected chi connectivity index (χ0v) is 12.3. The molecule has 0 aromatic heterocycles. The Bertz CT molecular complexity index is 606. The van der Waals surface area contributed by atoms with Crippen LogP contribution in [0, 0.1) is 25.5 Å². The third-order valence-corrected chi connectivity index (χ3v) is 3.86. The fourth-order valence-electron chi connectivity index (χ4n) is 2.29. The van der Waals surface area contributed by atoms with Gasteiger partial charge in [-0.15, -0.1) is 0 Å². The molecule has 0 spiro atoms. The van der Waals surface area contributed by atoms with Gasteiger partial charge in [0, 0.05) is 5.56 Å². The minimum Gasteiger partial charge on any atom is -0.320 e. The van der Waals surface area contributed by atoms with Crippen LogP contribution in [0.25, 0.3) is 0 Å². The predicted molar refractivity (Wildman–Crippen MR) is 76.0 cm³/mol. The average molecular weight is 326 g/mol. The Balaban J connectivity index is 2.63. The summed E-state index contributed by atoms with van der Waals surface area (Å²) in [5, 5.41) is 0. The Morgan fingerprint density at radius 3 is 2.16 bits per heavy atom. The number of nitrogens with two attached hydrogens (primary N) is 1. The van der Waals surface area contributed by atoms with Crippen molar-refractivity contribution in [2.75, 3.05) is 0 Å². The van der Waals surface area contributed by atoms with Crippen molar-refractivity contribution in [2.45, 2.75) is 19.9 Å². The van der Waals surface area contributed by atoms with Gasteiger partial charge in [-0.2, -0.15) is 0 Å². The molecule has 1 atom stereocenters. The van der Waals surface area contributed by atoms with E-state index >= 15 is 0 Å². The van der Waals surface area contributed by atoms with Gasteiger partial charge in [0.25, 0.3) is 0 Å². The number of halogens is 3. The van der Waals surface area contributed by atoms with E-state index in [9.17, 15) is 8.78 Å². The molecule has 100 valence electrons. The van der Waals surface area contributed by atoms with E-state index in [1.165, 1.54) is 12.1 Å². The van der Waals surface area contributed by atoms with Crippen LogP contribution in [-0.4, -0.2) is 0 Å². The van der Waals surface area contributed by atoms with Crippen LogP contribution in [0.15, 0.2) is 34.8 Å². The summed E-state index contributed by atoms with van der Waals surface area (Å²) in [4.78, 5) is 0. The monoisotopic (exact) mass is 325 g/mol. The van der Waals surface area contributed by atoms with Crippen molar-refractivity contribution in [2.24, 2.45) is 5.73 Å². The summed E-state index contributed by atoms with van der Waals surface area (Å²) in [5.74, 6) is -1.27. The minimum absolute atomic E-state index is 0.105. The molecule has 0 aliphatic rings. The molecule has 0 heterocycles. The van der Waals surface area contributed by atoms with Gasteiger partial charge >= 0.3 is 0 Å². The van der Waals surface area contributed by atoms with E-state index in [-0.39, 0.29) is 10.0 Å². The second-order valence-corrected chi connectivity index (χ2v) is 5.39. The highest BCUT2D eigenvalue weighted by atomic mass is 79.9. The summed E-state index contributed by atoms with van der Waals surface area (Å²) in [6.07, 6.45) is 0. The van der Waals surface area contributed by atoms with E-state index in [0.29, 0.717) is 0 Å². The maximum atomic E-state index is 14.1. The van der Waals surface area contributed by atoms with Crippen molar-refractivity contribution in [3.8, 4) is 0 Å². The van der Waals surface area contributed by atoms with Crippen molar-refractivity contribution in [3.05, 3.63) is 68.7 Å². The van der Waals surface area contributed by atoms with Crippen molar-refractivity contribution >= 4 is 15.9 Å².